The molecule has 0 aliphatic carbocycles. The van der Waals surface area contributed by atoms with Crippen LogP contribution in [0, 0.1) is 10.6 Å². The van der Waals surface area contributed by atoms with Crippen LogP contribution >= 0.6 is 23.8 Å². The fourth-order valence-electron chi connectivity index (χ4n) is 1.49. The Hall–Kier alpha value is -1.08. The second kappa shape index (κ2) is 3.99. The Morgan fingerprint density at radius 3 is 2.59 bits per heavy atom. The molecular weight excluding hydrogens is 280 g/mol. The number of H-pyrrole nitrogens is 1. The van der Waals surface area contributed by atoms with Gasteiger partial charge in [-0.05, 0) is 18.3 Å². The highest BCUT2D eigenvalue weighted by molar-refractivity contribution is 7.71. The Morgan fingerprint density at radius 1 is 1.35 bits per heavy atom. The van der Waals surface area contributed by atoms with E-state index in [0.717, 1.165) is 10.6 Å². The maximum atomic E-state index is 13.2. The SMILES string of the molecule is Fc1cc2c(cc1Cl)[nH]c(=S)n2CC(F)(F)F. The van der Waals surface area contributed by atoms with E-state index < -0.39 is 18.5 Å². The number of benzene rings is 1. The minimum Gasteiger partial charge on any atom is -0.331 e. The summed E-state index contributed by atoms with van der Waals surface area (Å²) in [7, 11) is 0. The lowest BCUT2D eigenvalue weighted by Crippen LogP contribution is -2.17. The molecule has 2 nitrogen and oxygen atoms in total. The van der Waals surface area contributed by atoms with Gasteiger partial charge in [0.2, 0.25) is 0 Å². The van der Waals surface area contributed by atoms with Gasteiger partial charge in [0.05, 0.1) is 16.1 Å². The summed E-state index contributed by atoms with van der Waals surface area (Å²) >= 11 is 10.3. The Labute approximate surface area is 103 Å². The van der Waals surface area contributed by atoms with Crippen LogP contribution in [0.25, 0.3) is 11.0 Å². The molecule has 0 aliphatic rings. The highest BCUT2D eigenvalue weighted by atomic mass is 35.5. The predicted octanol–water partition coefficient (Wildman–Crippen LogP) is 4.05. The Bertz CT molecular complexity index is 628. The number of hydrogen-bond acceptors (Lipinski definition) is 1. The van der Waals surface area contributed by atoms with Crippen molar-refractivity contribution in [3.8, 4) is 0 Å². The summed E-state index contributed by atoms with van der Waals surface area (Å²) in [4.78, 5) is 2.54. The zero-order chi connectivity index (χ0) is 12.8. The third-order valence-corrected chi connectivity index (χ3v) is 2.77. The van der Waals surface area contributed by atoms with E-state index in [0.29, 0.717) is 0 Å². The molecule has 0 fully saturated rings. The van der Waals surface area contributed by atoms with Crippen molar-refractivity contribution in [1.82, 2.24) is 9.55 Å². The average Bonchev–Trinajstić information content (AvgIpc) is 2.43. The van der Waals surface area contributed by atoms with Gasteiger partial charge >= 0.3 is 6.18 Å². The summed E-state index contributed by atoms with van der Waals surface area (Å²) in [6, 6.07) is 2.13. The van der Waals surface area contributed by atoms with Crippen LogP contribution in [0.5, 0.6) is 0 Å². The number of nitrogens with zero attached hydrogens (tertiary/aromatic N) is 1. The fraction of sp³-hybridized carbons (Fsp3) is 0.222. The van der Waals surface area contributed by atoms with Crippen molar-refractivity contribution >= 4 is 34.9 Å². The van der Waals surface area contributed by atoms with Crippen molar-refractivity contribution in [3.05, 3.63) is 27.7 Å². The summed E-state index contributed by atoms with van der Waals surface area (Å²) in [6.45, 7) is -1.27. The van der Waals surface area contributed by atoms with Crippen LogP contribution in [0.15, 0.2) is 12.1 Å². The van der Waals surface area contributed by atoms with E-state index in [4.69, 9.17) is 23.8 Å². The molecule has 2 rings (SSSR count). The summed E-state index contributed by atoms with van der Waals surface area (Å²) in [5, 5.41) is -0.173. The molecule has 0 unspecified atom stereocenters. The minimum atomic E-state index is -4.43. The van der Waals surface area contributed by atoms with Crippen LogP contribution in [0.3, 0.4) is 0 Å². The van der Waals surface area contributed by atoms with E-state index in [1.807, 2.05) is 0 Å². The Morgan fingerprint density at radius 2 is 2.00 bits per heavy atom. The third-order valence-electron chi connectivity index (χ3n) is 2.15. The number of imidazole rings is 1. The molecule has 1 aromatic carbocycles. The number of fused-ring (bicyclic) bond motifs is 1. The Kier molecular flexibility index (Phi) is 2.90. The average molecular weight is 285 g/mol. The van der Waals surface area contributed by atoms with E-state index in [9.17, 15) is 17.6 Å². The van der Waals surface area contributed by atoms with E-state index >= 15 is 0 Å². The van der Waals surface area contributed by atoms with Crippen LogP contribution in [0.1, 0.15) is 0 Å². The second-order valence-electron chi connectivity index (χ2n) is 3.41. The molecule has 1 aromatic heterocycles. The number of aromatic nitrogens is 2. The first kappa shape index (κ1) is 12.4. The molecule has 0 atom stereocenters. The summed E-state index contributed by atoms with van der Waals surface area (Å²) < 4.78 is 50.8. The number of aromatic amines is 1. The molecule has 0 amide bonds. The van der Waals surface area contributed by atoms with E-state index in [1.165, 1.54) is 6.07 Å². The fourth-order valence-corrected chi connectivity index (χ4v) is 1.92. The van der Waals surface area contributed by atoms with Crippen molar-refractivity contribution in [2.75, 3.05) is 0 Å². The summed E-state index contributed by atoms with van der Waals surface area (Å²) in [6.07, 6.45) is -4.43. The molecular formula is C9H5ClF4N2S. The number of hydrogen-bond donors (Lipinski definition) is 1. The number of rotatable bonds is 1. The first-order chi connectivity index (χ1) is 7.78. The van der Waals surface area contributed by atoms with Gasteiger partial charge < -0.3 is 9.55 Å². The summed E-state index contributed by atoms with van der Waals surface area (Å²) in [5.74, 6) is -0.788. The van der Waals surface area contributed by atoms with Crippen molar-refractivity contribution in [2.24, 2.45) is 0 Å². The van der Waals surface area contributed by atoms with Gasteiger partial charge in [-0.3, -0.25) is 0 Å². The molecule has 0 bridgehead atoms. The number of alkyl halides is 3. The molecule has 0 saturated carbocycles. The first-order valence-corrected chi connectivity index (χ1v) is 5.21. The van der Waals surface area contributed by atoms with Gasteiger partial charge in [0.1, 0.15) is 12.4 Å². The smallest absolute Gasteiger partial charge is 0.331 e. The van der Waals surface area contributed by atoms with E-state index in [1.54, 1.807) is 0 Å². The monoisotopic (exact) mass is 284 g/mol. The van der Waals surface area contributed by atoms with Crippen molar-refractivity contribution < 1.29 is 17.6 Å². The molecule has 17 heavy (non-hydrogen) atoms. The molecule has 92 valence electrons. The molecule has 1 N–H and O–H groups in total. The van der Waals surface area contributed by atoms with Gasteiger partial charge in [0, 0.05) is 6.07 Å². The topological polar surface area (TPSA) is 20.7 Å². The second-order valence-corrected chi connectivity index (χ2v) is 4.21. The summed E-state index contributed by atoms with van der Waals surface area (Å²) in [5.41, 5.74) is 0.305. The minimum absolute atomic E-state index is 0.0363. The van der Waals surface area contributed by atoms with Crippen molar-refractivity contribution in [3.63, 3.8) is 0 Å². The predicted molar refractivity (Wildman–Crippen MR) is 58.1 cm³/mol. The molecule has 0 radical (unpaired) electrons. The van der Waals surface area contributed by atoms with Crippen LogP contribution < -0.4 is 0 Å². The standard InChI is InChI=1S/C9H5ClF4N2S/c10-4-1-6-7(2-5(4)11)16(8(17)15-6)3-9(12,13)14/h1-2H,3H2,(H,15,17). The quantitative estimate of drug-likeness (QED) is 0.619. The lowest BCUT2D eigenvalue weighted by atomic mass is 10.3. The van der Waals surface area contributed by atoms with Gasteiger partial charge in [0.15, 0.2) is 4.77 Å². The van der Waals surface area contributed by atoms with Crippen LogP contribution in [0.4, 0.5) is 17.6 Å². The van der Waals surface area contributed by atoms with Gasteiger partial charge in [-0.2, -0.15) is 13.2 Å². The van der Waals surface area contributed by atoms with E-state index in [-0.39, 0.29) is 20.8 Å². The van der Waals surface area contributed by atoms with Crippen LogP contribution in [0.2, 0.25) is 5.02 Å². The zero-order valence-corrected chi connectivity index (χ0v) is 9.68. The third kappa shape index (κ3) is 2.44. The lowest BCUT2D eigenvalue weighted by molar-refractivity contribution is -0.140. The van der Waals surface area contributed by atoms with Crippen LogP contribution in [-0.4, -0.2) is 15.7 Å². The normalized spacial score (nSPS) is 12.3. The highest BCUT2D eigenvalue weighted by Gasteiger charge is 2.29. The largest absolute Gasteiger partial charge is 0.406 e. The van der Waals surface area contributed by atoms with Gasteiger partial charge in [-0.1, -0.05) is 11.6 Å². The maximum Gasteiger partial charge on any atom is 0.406 e. The van der Waals surface area contributed by atoms with Crippen molar-refractivity contribution in [2.45, 2.75) is 12.7 Å². The molecule has 2 aromatic rings. The molecule has 0 spiro atoms. The molecule has 0 aliphatic heterocycles. The highest BCUT2D eigenvalue weighted by Crippen LogP contribution is 2.25. The Balaban J connectivity index is 2.67. The van der Waals surface area contributed by atoms with Gasteiger partial charge in [0.25, 0.3) is 0 Å². The molecule has 8 heteroatoms. The van der Waals surface area contributed by atoms with Gasteiger partial charge in [-0.25, -0.2) is 4.39 Å². The lowest BCUT2D eigenvalue weighted by Gasteiger charge is -2.08. The van der Waals surface area contributed by atoms with Crippen molar-refractivity contribution in [1.29, 1.82) is 0 Å². The first-order valence-electron chi connectivity index (χ1n) is 4.42. The van der Waals surface area contributed by atoms with Crippen LogP contribution in [-0.2, 0) is 6.54 Å². The van der Waals surface area contributed by atoms with Gasteiger partial charge in [-0.15, -0.1) is 0 Å². The molecule has 1 heterocycles. The zero-order valence-electron chi connectivity index (χ0n) is 8.11. The van der Waals surface area contributed by atoms with E-state index in [2.05, 4.69) is 4.98 Å². The number of halogens is 5. The number of nitrogens with one attached hydrogen (secondary N) is 1. The maximum absolute atomic E-state index is 13.2. The molecule has 0 saturated heterocycles.